The second-order valence-corrected chi connectivity index (χ2v) is 6.70. The van der Waals surface area contributed by atoms with Crippen molar-refractivity contribution in [1.82, 2.24) is 10.2 Å². The van der Waals surface area contributed by atoms with E-state index >= 15 is 0 Å². The maximum atomic E-state index is 12.7. The van der Waals surface area contributed by atoms with Gasteiger partial charge in [-0.3, -0.25) is 14.5 Å². The van der Waals surface area contributed by atoms with Crippen LogP contribution in [0.15, 0.2) is 54.6 Å². The molecule has 2 aromatic rings. The third kappa shape index (κ3) is 4.16. The van der Waals surface area contributed by atoms with E-state index in [-0.39, 0.29) is 30.7 Å². The van der Waals surface area contributed by atoms with Gasteiger partial charge in [0.05, 0.1) is 6.04 Å². The zero-order valence-electron chi connectivity index (χ0n) is 15.4. The van der Waals surface area contributed by atoms with Crippen LogP contribution in [0.5, 0.6) is 0 Å². The summed E-state index contributed by atoms with van der Waals surface area (Å²) in [5.41, 5.74) is 2.61. The van der Waals surface area contributed by atoms with Gasteiger partial charge in [0.2, 0.25) is 5.91 Å². The molecule has 1 aliphatic rings. The van der Waals surface area contributed by atoms with Gasteiger partial charge in [0.1, 0.15) is 6.04 Å². The number of carbonyl (C=O) groups excluding carboxylic acids is 3. The van der Waals surface area contributed by atoms with E-state index in [1.54, 1.807) is 0 Å². The van der Waals surface area contributed by atoms with E-state index in [9.17, 15) is 14.4 Å². The number of hydrogen-bond acceptors (Lipinski definition) is 3. The number of hydrogen-bond donors (Lipinski definition) is 2. The first kappa shape index (κ1) is 18.6. The zero-order chi connectivity index (χ0) is 19.4. The number of rotatable bonds is 6. The van der Waals surface area contributed by atoms with Crippen molar-refractivity contribution >= 4 is 23.5 Å². The number of anilines is 1. The van der Waals surface area contributed by atoms with Crippen molar-refractivity contribution < 1.29 is 14.4 Å². The van der Waals surface area contributed by atoms with Gasteiger partial charge >= 0.3 is 6.03 Å². The van der Waals surface area contributed by atoms with Crippen molar-refractivity contribution in [2.75, 3.05) is 5.32 Å². The lowest BCUT2D eigenvalue weighted by atomic mass is 10.1. The first-order chi connectivity index (χ1) is 13.0. The highest BCUT2D eigenvalue weighted by molar-refractivity contribution is 6.05. The molecule has 0 spiro atoms. The Hall–Kier alpha value is -3.15. The molecule has 6 nitrogen and oxygen atoms in total. The topological polar surface area (TPSA) is 78.5 Å². The summed E-state index contributed by atoms with van der Waals surface area (Å²) in [5.74, 6) is -0.471. The van der Waals surface area contributed by atoms with Crippen molar-refractivity contribution in [2.24, 2.45) is 0 Å². The van der Waals surface area contributed by atoms with Gasteiger partial charge < -0.3 is 10.6 Å². The smallest absolute Gasteiger partial charge is 0.325 e. The van der Waals surface area contributed by atoms with Crippen molar-refractivity contribution in [3.63, 3.8) is 0 Å². The monoisotopic (exact) mass is 365 g/mol. The van der Waals surface area contributed by atoms with Gasteiger partial charge in [-0.05, 0) is 37.5 Å². The van der Waals surface area contributed by atoms with Gasteiger partial charge in [-0.25, -0.2) is 4.79 Å². The zero-order valence-corrected chi connectivity index (χ0v) is 15.4. The molecular weight excluding hydrogens is 342 g/mol. The molecule has 2 N–H and O–H groups in total. The summed E-state index contributed by atoms with van der Waals surface area (Å²) in [6.07, 6.45) is 0.416. The maximum Gasteiger partial charge on any atom is 0.325 e. The molecular formula is C21H23N3O3. The van der Waals surface area contributed by atoms with Crippen LogP contribution in [-0.2, 0) is 9.59 Å². The summed E-state index contributed by atoms with van der Waals surface area (Å²) < 4.78 is 0. The second-order valence-electron chi connectivity index (χ2n) is 6.70. The average molecular weight is 365 g/mol. The number of para-hydroxylation sites is 1. The van der Waals surface area contributed by atoms with Crippen LogP contribution in [-0.4, -0.2) is 28.8 Å². The van der Waals surface area contributed by atoms with Crippen molar-refractivity contribution in [1.29, 1.82) is 0 Å². The molecule has 0 radical (unpaired) electrons. The highest BCUT2D eigenvalue weighted by atomic mass is 16.2. The van der Waals surface area contributed by atoms with Crippen molar-refractivity contribution in [3.05, 3.63) is 65.7 Å². The molecule has 4 amide bonds. The van der Waals surface area contributed by atoms with E-state index in [1.165, 1.54) is 4.90 Å². The number of urea groups is 1. The SMILES string of the molecule is Cc1ccccc1NC(=O)CCC1NC(=O)N(C(C)c2ccccc2)C1=O. The number of nitrogens with one attached hydrogen (secondary N) is 2. The lowest BCUT2D eigenvalue weighted by molar-refractivity contribution is -0.129. The molecule has 27 heavy (non-hydrogen) atoms. The van der Waals surface area contributed by atoms with E-state index < -0.39 is 12.1 Å². The average Bonchev–Trinajstić information content (AvgIpc) is 2.95. The Kier molecular flexibility index (Phi) is 5.54. The van der Waals surface area contributed by atoms with Gasteiger partial charge in [-0.1, -0.05) is 48.5 Å². The number of imide groups is 1. The third-order valence-corrected chi connectivity index (χ3v) is 4.80. The molecule has 1 heterocycles. The highest BCUT2D eigenvalue weighted by Crippen LogP contribution is 2.25. The molecule has 3 rings (SSSR count). The van der Waals surface area contributed by atoms with Crippen LogP contribution in [0, 0.1) is 6.92 Å². The van der Waals surface area contributed by atoms with E-state index in [0.29, 0.717) is 0 Å². The van der Waals surface area contributed by atoms with Crippen LogP contribution >= 0.6 is 0 Å². The largest absolute Gasteiger partial charge is 0.326 e. The van der Waals surface area contributed by atoms with Gasteiger partial charge in [-0.15, -0.1) is 0 Å². The van der Waals surface area contributed by atoms with Crippen LogP contribution in [0.4, 0.5) is 10.5 Å². The fraction of sp³-hybridized carbons (Fsp3) is 0.286. The molecule has 6 heteroatoms. The molecule has 0 aromatic heterocycles. The van der Waals surface area contributed by atoms with E-state index in [0.717, 1.165) is 16.8 Å². The van der Waals surface area contributed by atoms with E-state index in [4.69, 9.17) is 0 Å². The molecule has 1 saturated heterocycles. The predicted molar refractivity (Wildman–Crippen MR) is 103 cm³/mol. The molecule has 1 fully saturated rings. The standard InChI is InChI=1S/C21H23N3O3/c1-14-8-6-7-11-17(14)22-19(25)13-12-18-20(26)24(21(27)23-18)15(2)16-9-4-3-5-10-16/h3-11,15,18H,12-13H2,1-2H3,(H,22,25)(H,23,27). The predicted octanol–water partition coefficient (Wildman–Crippen LogP) is 3.40. The number of benzene rings is 2. The van der Waals surface area contributed by atoms with Gasteiger partial charge in [-0.2, -0.15) is 0 Å². The molecule has 0 saturated carbocycles. The minimum Gasteiger partial charge on any atom is -0.326 e. The number of nitrogens with zero attached hydrogens (tertiary/aromatic N) is 1. The molecule has 2 aromatic carbocycles. The Morgan fingerprint density at radius 1 is 1.11 bits per heavy atom. The maximum absolute atomic E-state index is 12.7. The Balaban J connectivity index is 1.59. The van der Waals surface area contributed by atoms with Crippen molar-refractivity contribution in [2.45, 2.75) is 38.8 Å². The number of aryl methyl sites for hydroxylation is 1. The van der Waals surface area contributed by atoms with Crippen molar-refractivity contribution in [3.8, 4) is 0 Å². The summed E-state index contributed by atoms with van der Waals surface area (Å²) in [7, 11) is 0. The van der Waals surface area contributed by atoms with Gasteiger partial charge in [0.15, 0.2) is 0 Å². The first-order valence-electron chi connectivity index (χ1n) is 9.01. The second kappa shape index (κ2) is 8.03. The highest BCUT2D eigenvalue weighted by Gasteiger charge is 2.40. The molecule has 140 valence electrons. The minimum atomic E-state index is -0.675. The fourth-order valence-electron chi connectivity index (χ4n) is 3.19. The Morgan fingerprint density at radius 3 is 2.48 bits per heavy atom. The fourth-order valence-corrected chi connectivity index (χ4v) is 3.19. The summed E-state index contributed by atoms with van der Waals surface area (Å²) >= 11 is 0. The molecule has 2 unspecified atom stereocenters. The Bertz CT molecular complexity index is 851. The summed E-state index contributed by atoms with van der Waals surface area (Å²) in [4.78, 5) is 38.4. The van der Waals surface area contributed by atoms with Crippen LogP contribution in [0.3, 0.4) is 0 Å². The van der Waals surface area contributed by atoms with Crippen LogP contribution in [0.2, 0.25) is 0 Å². The van der Waals surface area contributed by atoms with E-state index in [2.05, 4.69) is 10.6 Å². The van der Waals surface area contributed by atoms with Gasteiger partial charge in [0, 0.05) is 12.1 Å². The summed E-state index contributed by atoms with van der Waals surface area (Å²) in [6.45, 7) is 3.74. The minimum absolute atomic E-state index is 0.151. The van der Waals surface area contributed by atoms with Crippen LogP contribution in [0.1, 0.15) is 36.9 Å². The summed E-state index contributed by atoms with van der Waals surface area (Å²) in [5, 5.41) is 5.54. The lowest BCUT2D eigenvalue weighted by Crippen LogP contribution is -2.34. The lowest BCUT2D eigenvalue weighted by Gasteiger charge is -2.21. The quantitative estimate of drug-likeness (QED) is 0.770. The number of carbonyl (C=O) groups is 3. The number of amides is 4. The third-order valence-electron chi connectivity index (χ3n) is 4.80. The molecule has 0 bridgehead atoms. The molecule has 0 aliphatic carbocycles. The van der Waals surface area contributed by atoms with Crippen LogP contribution in [0.25, 0.3) is 0 Å². The van der Waals surface area contributed by atoms with E-state index in [1.807, 2.05) is 68.4 Å². The Labute approximate surface area is 158 Å². The molecule has 2 atom stereocenters. The normalized spacial score (nSPS) is 17.6. The van der Waals surface area contributed by atoms with Crippen LogP contribution < -0.4 is 10.6 Å². The molecule has 1 aliphatic heterocycles. The first-order valence-corrected chi connectivity index (χ1v) is 9.01. The van der Waals surface area contributed by atoms with Gasteiger partial charge in [0.25, 0.3) is 5.91 Å². The summed E-state index contributed by atoms with van der Waals surface area (Å²) in [6, 6.07) is 15.5. The Morgan fingerprint density at radius 2 is 1.78 bits per heavy atom.